The van der Waals surface area contributed by atoms with E-state index < -0.39 is 6.04 Å². The van der Waals surface area contributed by atoms with Crippen LogP contribution < -0.4 is 20.1 Å². The van der Waals surface area contributed by atoms with E-state index in [2.05, 4.69) is 25.6 Å². The van der Waals surface area contributed by atoms with Crippen molar-refractivity contribution in [3.05, 3.63) is 84.1 Å². The number of nitrogens with zero attached hydrogens (tertiary/aromatic N) is 5. The van der Waals surface area contributed by atoms with Crippen LogP contribution in [0.3, 0.4) is 0 Å². The molecule has 1 aromatic carbocycles. The molecule has 3 aromatic heterocycles. The van der Waals surface area contributed by atoms with E-state index in [0.29, 0.717) is 45.8 Å². The van der Waals surface area contributed by atoms with Crippen molar-refractivity contribution in [2.75, 3.05) is 24.9 Å². The van der Waals surface area contributed by atoms with Gasteiger partial charge in [0.15, 0.2) is 17.3 Å². The van der Waals surface area contributed by atoms with E-state index in [1.165, 1.54) is 0 Å². The summed E-state index contributed by atoms with van der Waals surface area (Å²) in [5.74, 6) is 1.76. The predicted molar refractivity (Wildman–Crippen MR) is 130 cm³/mol. The number of benzene rings is 1. The van der Waals surface area contributed by atoms with Crippen molar-refractivity contribution in [2.45, 2.75) is 13.0 Å². The molecule has 10 nitrogen and oxygen atoms in total. The zero-order chi connectivity index (χ0) is 24.4. The molecule has 0 aliphatic carbocycles. The Morgan fingerprint density at radius 2 is 1.86 bits per heavy atom. The normalized spacial score (nSPS) is 14.7. The van der Waals surface area contributed by atoms with Crippen LogP contribution in [0.2, 0.25) is 0 Å². The summed E-state index contributed by atoms with van der Waals surface area (Å²) < 4.78 is 13.0. The molecule has 2 N–H and O–H groups in total. The summed E-state index contributed by atoms with van der Waals surface area (Å²) >= 11 is 0. The Balaban J connectivity index is 1.67. The van der Waals surface area contributed by atoms with E-state index in [1.54, 1.807) is 61.9 Å². The monoisotopic (exact) mass is 469 g/mol. The highest BCUT2D eigenvalue weighted by Gasteiger charge is 2.36. The van der Waals surface area contributed by atoms with Crippen LogP contribution in [0.1, 0.15) is 18.5 Å². The van der Waals surface area contributed by atoms with Crippen LogP contribution in [0.5, 0.6) is 11.5 Å². The topological polar surface area (TPSA) is 116 Å². The van der Waals surface area contributed by atoms with Crippen molar-refractivity contribution in [2.24, 2.45) is 0 Å². The molecule has 10 heteroatoms. The summed E-state index contributed by atoms with van der Waals surface area (Å²) in [6, 6.07) is 12.1. The minimum atomic E-state index is -0.643. The molecule has 0 spiro atoms. The minimum Gasteiger partial charge on any atom is -0.493 e. The van der Waals surface area contributed by atoms with Gasteiger partial charge in [-0.1, -0.05) is 12.1 Å². The van der Waals surface area contributed by atoms with E-state index in [9.17, 15) is 4.79 Å². The number of methoxy groups -OCH3 is 2. The van der Waals surface area contributed by atoms with Crippen LogP contribution in [0.25, 0.3) is 11.4 Å². The molecule has 0 saturated heterocycles. The van der Waals surface area contributed by atoms with Crippen molar-refractivity contribution in [3.63, 3.8) is 0 Å². The molecule has 1 aliphatic rings. The van der Waals surface area contributed by atoms with Crippen molar-refractivity contribution >= 4 is 17.5 Å². The number of fused-ring (bicyclic) bond motifs is 1. The summed E-state index contributed by atoms with van der Waals surface area (Å²) in [6.07, 6.45) is 6.60. The van der Waals surface area contributed by atoms with Crippen molar-refractivity contribution in [1.29, 1.82) is 0 Å². The molecule has 4 aromatic rings. The molecule has 35 heavy (non-hydrogen) atoms. The van der Waals surface area contributed by atoms with Gasteiger partial charge in [0.1, 0.15) is 6.04 Å². The molecule has 0 radical (unpaired) electrons. The number of ether oxygens (including phenoxy) is 2. The average molecular weight is 470 g/mol. The lowest BCUT2D eigenvalue weighted by atomic mass is 9.94. The zero-order valence-electron chi connectivity index (χ0n) is 19.4. The molecule has 4 heterocycles. The second kappa shape index (κ2) is 9.26. The molecule has 1 aliphatic heterocycles. The lowest BCUT2D eigenvalue weighted by Crippen LogP contribution is -2.31. The third kappa shape index (κ3) is 4.05. The van der Waals surface area contributed by atoms with Gasteiger partial charge >= 0.3 is 0 Å². The van der Waals surface area contributed by atoms with E-state index in [0.717, 1.165) is 5.56 Å². The van der Waals surface area contributed by atoms with Gasteiger partial charge in [0.25, 0.3) is 5.91 Å². The number of hydrogen-bond acceptors (Lipinski definition) is 8. The largest absolute Gasteiger partial charge is 0.493 e. The molecule has 0 bridgehead atoms. The number of anilines is 2. The number of carbonyl (C=O) groups is 1. The van der Waals surface area contributed by atoms with E-state index >= 15 is 0 Å². The molecule has 0 saturated carbocycles. The van der Waals surface area contributed by atoms with E-state index in [4.69, 9.17) is 14.6 Å². The van der Waals surface area contributed by atoms with Gasteiger partial charge in [-0.05, 0) is 37.3 Å². The first kappa shape index (κ1) is 22.1. The van der Waals surface area contributed by atoms with Crippen LogP contribution in [0.4, 0.5) is 11.6 Å². The number of allylic oxidation sites excluding steroid dienone is 1. The van der Waals surface area contributed by atoms with Gasteiger partial charge in [-0.3, -0.25) is 14.8 Å². The van der Waals surface area contributed by atoms with E-state index in [1.807, 2.05) is 31.2 Å². The summed E-state index contributed by atoms with van der Waals surface area (Å²) in [5.41, 5.74) is 3.19. The number of rotatable bonds is 6. The van der Waals surface area contributed by atoms with Crippen molar-refractivity contribution in [3.8, 4) is 22.9 Å². The fraction of sp³-hybridized carbons (Fsp3) is 0.160. The Bertz CT molecular complexity index is 1400. The first-order valence-corrected chi connectivity index (χ1v) is 10.9. The van der Waals surface area contributed by atoms with Gasteiger partial charge in [-0.2, -0.15) is 4.98 Å². The molecule has 1 atom stereocenters. The highest BCUT2D eigenvalue weighted by Crippen LogP contribution is 2.43. The van der Waals surface area contributed by atoms with Crippen LogP contribution >= 0.6 is 0 Å². The number of hydrogen-bond donors (Lipinski definition) is 2. The smallest absolute Gasteiger partial charge is 0.255 e. The highest BCUT2D eigenvalue weighted by atomic mass is 16.5. The maximum absolute atomic E-state index is 13.6. The Morgan fingerprint density at radius 3 is 2.57 bits per heavy atom. The maximum atomic E-state index is 13.6. The average Bonchev–Trinajstić information content (AvgIpc) is 3.32. The minimum absolute atomic E-state index is 0.301. The predicted octanol–water partition coefficient (Wildman–Crippen LogP) is 3.68. The Labute approximate surface area is 201 Å². The molecule has 1 amide bonds. The number of carbonyl (C=O) groups excluding carboxylic acids is 1. The summed E-state index contributed by atoms with van der Waals surface area (Å²) in [6.45, 7) is 1.84. The molecule has 5 rings (SSSR count). The fourth-order valence-electron chi connectivity index (χ4n) is 4.12. The summed E-state index contributed by atoms with van der Waals surface area (Å²) in [5, 5.41) is 10.9. The lowest BCUT2D eigenvalue weighted by Gasteiger charge is -2.29. The van der Waals surface area contributed by atoms with Gasteiger partial charge < -0.3 is 20.1 Å². The number of nitrogens with one attached hydrogen (secondary N) is 2. The fourth-order valence-corrected chi connectivity index (χ4v) is 4.12. The molecular weight excluding hydrogens is 446 g/mol. The number of aromatic nitrogens is 5. The Morgan fingerprint density at radius 1 is 1.03 bits per heavy atom. The van der Waals surface area contributed by atoms with Crippen molar-refractivity contribution in [1.82, 2.24) is 24.7 Å². The zero-order valence-corrected chi connectivity index (χ0v) is 19.4. The third-order valence-corrected chi connectivity index (χ3v) is 5.68. The molecule has 176 valence electrons. The standard InChI is InChI=1S/C25H23N7O3/c1-15-20(24(33)29-17-6-5-11-27-14-17)21(18-7-4-8-19(34-2)22(18)35-3)32-25(28-15)30-23(31-32)16-9-12-26-13-10-16/h4-14,21H,1-3H3,(H,29,33)(H,28,30,31). The summed E-state index contributed by atoms with van der Waals surface area (Å²) in [4.78, 5) is 26.5. The first-order valence-electron chi connectivity index (χ1n) is 10.9. The van der Waals surface area contributed by atoms with Crippen LogP contribution in [0, 0.1) is 0 Å². The second-order valence-electron chi connectivity index (χ2n) is 7.78. The highest BCUT2D eigenvalue weighted by molar-refractivity contribution is 6.06. The van der Waals surface area contributed by atoms with E-state index in [-0.39, 0.29) is 5.91 Å². The van der Waals surface area contributed by atoms with Gasteiger partial charge in [0.2, 0.25) is 5.95 Å². The maximum Gasteiger partial charge on any atom is 0.255 e. The van der Waals surface area contributed by atoms with Gasteiger partial charge in [-0.25, -0.2) is 4.68 Å². The van der Waals surface area contributed by atoms with Crippen molar-refractivity contribution < 1.29 is 14.3 Å². The Kier molecular flexibility index (Phi) is 5.84. The number of pyridine rings is 2. The van der Waals surface area contributed by atoms with Gasteiger partial charge in [0.05, 0.1) is 31.7 Å². The second-order valence-corrected chi connectivity index (χ2v) is 7.78. The molecule has 0 fully saturated rings. The van der Waals surface area contributed by atoms with Crippen LogP contribution in [-0.4, -0.2) is 44.9 Å². The lowest BCUT2D eigenvalue weighted by molar-refractivity contribution is -0.113. The Hall–Kier alpha value is -4.73. The summed E-state index contributed by atoms with van der Waals surface area (Å²) in [7, 11) is 3.14. The van der Waals surface area contributed by atoms with Gasteiger partial charge in [0, 0.05) is 35.4 Å². The van der Waals surface area contributed by atoms with Crippen LogP contribution in [0.15, 0.2) is 78.5 Å². The quantitative estimate of drug-likeness (QED) is 0.439. The van der Waals surface area contributed by atoms with Gasteiger partial charge in [-0.15, -0.1) is 5.10 Å². The number of amides is 1. The van der Waals surface area contributed by atoms with Crippen LogP contribution in [-0.2, 0) is 4.79 Å². The third-order valence-electron chi connectivity index (χ3n) is 5.68. The molecule has 1 unspecified atom stereocenters. The molecular formula is C25H23N7O3. The SMILES string of the molecule is COc1cccc(C2C(C(=O)Nc3cccnc3)=C(C)Nc3nc(-c4ccncc4)nn32)c1OC. The number of para-hydroxylation sites is 1. The first-order chi connectivity index (χ1) is 17.1.